The second kappa shape index (κ2) is 15.8. The van der Waals surface area contributed by atoms with E-state index >= 15 is 0 Å². The lowest BCUT2D eigenvalue weighted by atomic mass is 10.1. The van der Waals surface area contributed by atoms with Gasteiger partial charge in [0.25, 0.3) is 0 Å². The molecule has 0 aliphatic carbocycles. The molecule has 2 N–H and O–H groups in total. The third-order valence-corrected chi connectivity index (χ3v) is 9.01. The smallest absolute Gasteiger partial charge is 0.350 e. The van der Waals surface area contributed by atoms with Crippen LogP contribution in [0, 0.1) is 11.3 Å². The van der Waals surface area contributed by atoms with Gasteiger partial charge >= 0.3 is 5.69 Å². The van der Waals surface area contributed by atoms with E-state index in [1.165, 1.54) is 4.80 Å². The Balaban J connectivity index is 1.01. The maximum atomic E-state index is 12.9. The van der Waals surface area contributed by atoms with Gasteiger partial charge in [-0.05, 0) is 67.4 Å². The first kappa shape index (κ1) is 35.0. The summed E-state index contributed by atoms with van der Waals surface area (Å²) in [4.78, 5) is 14.3. The van der Waals surface area contributed by atoms with Gasteiger partial charge in [0.05, 0.1) is 47.0 Å². The summed E-state index contributed by atoms with van der Waals surface area (Å²) < 4.78 is 21.8. The van der Waals surface area contributed by atoms with Crippen LogP contribution in [-0.2, 0) is 21.8 Å². The SMILES string of the molecule is CCC(CC)n1ncn(-c2ccc(NCCNc3ccc(OC[C@@H]4CO[C@@](Cn5nccn5)(c5ccc(Cl)cc5Cl)O4)cc3C#N)cc2)c1=O. The molecule has 13 nitrogen and oxygen atoms in total. The van der Waals surface area contributed by atoms with Gasteiger partial charge in [0.2, 0.25) is 5.79 Å². The van der Waals surface area contributed by atoms with Crippen LogP contribution in [0.15, 0.2) is 84.2 Å². The quantitative estimate of drug-likeness (QED) is 0.123. The fourth-order valence-corrected chi connectivity index (χ4v) is 6.39. The van der Waals surface area contributed by atoms with Crippen LogP contribution < -0.4 is 21.1 Å². The molecule has 2 aromatic heterocycles. The molecule has 260 valence electrons. The first-order chi connectivity index (χ1) is 24.3. The minimum Gasteiger partial charge on any atom is -0.491 e. The zero-order chi connectivity index (χ0) is 35.1. The van der Waals surface area contributed by atoms with E-state index in [0.717, 1.165) is 24.2 Å². The molecule has 1 aliphatic heterocycles. The maximum absolute atomic E-state index is 12.9. The summed E-state index contributed by atoms with van der Waals surface area (Å²) in [5, 5.41) is 30.1. The number of nitrogens with zero attached hydrogens (tertiary/aromatic N) is 7. The standard InChI is InChI=1S/C35H37Cl2N9O4/c1-3-27(4-2)46-34(47)44(23-43-46)28-8-6-26(7-9-28)39-13-14-40-33-12-10-29(17-24(33)19-38)48-20-30-21-49-35(50-30,22-45-41-15-16-42-45)31-11-5-25(36)18-32(31)37/h5-12,15-18,23,27,30,39-40H,3-4,13-14,20-22H2,1-2H3/t30-,35-/m1/s1. The lowest BCUT2D eigenvalue weighted by molar-refractivity contribution is -0.192. The largest absolute Gasteiger partial charge is 0.491 e. The molecule has 15 heteroatoms. The lowest BCUT2D eigenvalue weighted by Crippen LogP contribution is -2.35. The molecule has 3 heterocycles. The molecule has 6 rings (SSSR count). The Morgan fingerprint density at radius 3 is 2.50 bits per heavy atom. The summed E-state index contributed by atoms with van der Waals surface area (Å²) in [6, 6.07) is 20.4. The molecule has 0 unspecified atom stereocenters. The number of hydrogen-bond donors (Lipinski definition) is 2. The monoisotopic (exact) mass is 717 g/mol. The number of nitriles is 1. The summed E-state index contributed by atoms with van der Waals surface area (Å²) in [5.41, 5.74) is 3.25. The topological polar surface area (TPSA) is 146 Å². The highest BCUT2D eigenvalue weighted by Gasteiger charge is 2.46. The van der Waals surface area contributed by atoms with Crippen LogP contribution in [0.3, 0.4) is 0 Å². The number of anilines is 2. The molecule has 2 atom stereocenters. The first-order valence-corrected chi connectivity index (χ1v) is 17.1. The maximum Gasteiger partial charge on any atom is 0.350 e. The van der Waals surface area contributed by atoms with Gasteiger partial charge in [-0.25, -0.2) is 14.0 Å². The van der Waals surface area contributed by atoms with Gasteiger partial charge in [-0.3, -0.25) is 0 Å². The number of ether oxygens (including phenoxy) is 3. The number of rotatable bonds is 15. The fraction of sp³-hybridized carbons (Fsp3) is 0.343. The van der Waals surface area contributed by atoms with Crippen molar-refractivity contribution in [1.29, 1.82) is 5.26 Å². The van der Waals surface area contributed by atoms with Crippen LogP contribution >= 0.6 is 23.2 Å². The van der Waals surface area contributed by atoms with E-state index in [9.17, 15) is 10.1 Å². The lowest BCUT2D eigenvalue weighted by Gasteiger charge is -2.29. The Morgan fingerprint density at radius 1 is 1.02 bits per heavy atom. The van der Waals surface area contributed by atoms with E-state index in [2.05, 4.69) is 45.8 Å². The Labute approximate surface area is 299 Å². The van der Waals surface area contributed by atoms with Crippen molar-refractivity contribution < 1.29 is 14.2 Å². The molecule has 5 aromatic rings. The van der Waals surface area contributed by atoms with Crippen molar-refractivity contribution in [3.63, 3.8) is 0 Å². The predicted octanol–water partition coefficient (Wildman–Crippen LogP) is 6.04. The zero-order valence-corrected chi connectivity index (χ0v) is 29.1. The average molecular weight is 719 g/mol. The van der Waals surface area contributed by atoms with Crippen molar-refractivity contribution in [3.8, 4) is 17.5 Å². The predicted molar refractivity (Wildman–Crippen MR) is 190 cm³/mol. The number of halogens is 2. The van der Waals surface area contributed by atoms with Gasteiger partial charge in [0.1, 0.15) is 37.4 Å². The molecule has 0 spiro atoms. The molecule has 0 radical (unpaired) electrons. The van der Waals surface area contributed by atoms with Gasteiger partial charge in [-0.2, -0.15) is 25.4 Å². The van der Waals surface area contributed by atoms with Crippen molar-refractivity contribution in [1.82, 2.24) is 29.3 Å². The second-order valence-electron chi connectivity index (χ2n) is 11.7. The second-order valence-corrected chi connectivity index (χ2v) is 12.6. The van der Waals surface area contributed by atoms with Crippen LogP contribution in [0.4, 0.5) is 11.4 Å². The minimum absolute atomic E-state index is 0.0870. The Kier molecular flexibility index (Phi) is 11.0. The number of benzene rings is 3. The first-order valence-electron chi connectivity index (χ1n) is 16.3. The van der Waals surface area contributed by atoms with Crippen molar-refractivity contribution in [2.45, 2.75) is 51.2 Å². The Hall–Kier alpha value is -4.87. The van der Waals surface area contributed by atoms with Crippen LogP contribution in [0.5, 0.6) is 5.75 Å². The van der Waals surface area contributed by atoms with Crippen LogP contribution in [0.25, 0.3) is 5.69 Å². The zero-order valence-electron chi connectivity index (χ0n) is 27.6. The van der Waals surface area contributed by atoms with E-state index in [1.807, 2.05) is 30.3 Å². The van der Waals surface area contributed by atoms with Gasteiger partial charge in [0, 0.05) is 29.4 Å². The van der Waals surface area contributed by atoms with Gasteiger partial charge < -0.3 is 24.8 Å². The van der Waals surface area contributed by atoms with E-state index in [1.54, 1.807) is 58.3 Å². The minimum atomic E-state index is -1.24. The van der Waals surface area contributed by atoms with Crippen LogP contribution in [0.2, 0.25) is 10.0 Å². The molecule has 1 saturated heterocycles. The molecule has 3 aromatic carbocycles. The van der Waals surface area contributed by atoms with Gasteiger partial charge in [-0.1, -0.05) is 43.1 Å². The summed E-state index contributed by atoms with van der Waals surface area (Å²) in [7, 11) is 0. The van der Waals surface area contributed by atoms with Crippen molar-refractivity contribution in [2.24, 2.45) is 0 Å². The molecule has 1 aliphatic rings. The number of aromatic nitrogens is 6. The van der Waals surface area contributed by atoms with E-state index in [-0.39, 0.29) is 31.5 Å². The molecular formula is C35H37Cl2N9O4. The number of hydrogen-bond acceptors (Lipinski definition) is 10. The Bertz CT molecular complexity index is 1990. The normalized spacial score (nSPS) is 17.2. The fourth-order valence-electron chi connectivity index (χ4n) is 5.84. The van der Waals surface area contributed by atoms with Crippen LogP contribution in [-0.4, -0.2) is 61.7 Å². The summed E-state index contributed by atoms with van der Waals surface area (Å²) in [5.74, 6) is -0.721. The molecule has 0 amide bonds. The summed E-state index contributed by atoms with van der Waals surface area (Å²) in [6.07, 6.45) is 5.98. The average Bonchev–Trinajstić information content (AvgIpc) is 3.88. The van der Waals surface area contributed by atoms with Crippen molar-refractivity contribution >= 4 is 34.6 Å². The highest BCUT2D eigenvalue weighted by Crippen LogP contribution is 2.40. The summed E-state index contributed by atoms with van der Waals surface area (Å²) in [6.45, 7) is 5.85. The van der Waals surface area contributed by atoms with E-state index in [4.69, 9.17) is 37.4 Å². The molecular weight excluding hydrogens is 681 g/mol. The van der Waals surface area contributed by atoms with Gasteiger partial charge in [-0.15, -0.1) is 0 Å². The third-order valence-electron chi connectivity index (χ3n) is 8.46. The molecule has 50 heavy (non-hydrogen) atoms. The molecule has 1 fully saturated rings. The van der Waals surface area contributed by atoms with Gasteiger partial charge in [0.15, 0.2) is 0 Å². The van der Waals surface area contributed by atoms with Crippen molar-refractivity contribution in [2.75, 3.05) is 36.9 Å². The number of nitrogens with one attached hydrogen (secondary N) is 2. The third kappa shape index (κ3) is 7.79. The molecule has 0 bridgehead atoms. The Morgan fingerprint density at radius 2 is 1.78 bits per heavy atom. The van der Waals surface area contributed by atoms with Crippen LogP contribution in [0.1, 0.15) is 43.9 Å². The molecule has 0 saturated carbocycles. The highest BCUT2D eigenvalue weighted by molar-refractivity contribution is 6.35. The van der Waals surface area contributed by atoms with Crippen molar-refractivity contribution in [3.05, 3.63) is 111 Å². The van der Waals surface area contributed by atoms with E-state index in [0.29, 0.717) is 45.7 Å². The summed E-state index contributed by atoms with van der Waals surface area (Å²) >= 11 is 12.7. The van der Waals surface area contributed by atoms with E-state index < -0.39 is 11.9 Å². The highest BCUT2D eigenvalue weighted by atomic mass is 35.5.